The van der Waals surface area contributed by atoms with Crippen molar-refractivity contribution in [3.05, 3.63) is 46.0 Å². The molecule has 18 heavy (non-hydrogen) atoms. The fourth-order valence-corrected chi connectivity index (χ4v) is 3.37. The van der Waals surface area contributed by atoms with Gasteiger partial charge in [-0.25, -0.2) is 5.06 Å². The van der Waals surface area contributed by atoms with Crippen LogP contribution in [0.15, 0.2) is 30.4 Å². The maximum Gasteiger partial charge on any atom is 0.254 e. The predicted molar refractivity (Wildman–Crippen MR) is 68.9 cm³/mol. The van der Waals surface area contributed by atoms with E-state index in [0.717, 1.165) is 17.0 Å². The van der Waals surface area contributed by atoms with E-state index >= 15 is 0 Å². The van der Waals surface area contributed by atoms with Gasteiger partial charge in [-0.3, -0.25) is 10.0 Å². The van der Waals surface area contributed by atoms with Crippen molar-refractivity contribution in [3.8, 4) is 0 Å². The lowest BCUT2D eigenvalue weighted by molar-refractivity contribution is -0.163. The molecule has 0 radical (unpaired) electrons. The quantitative estimate of drug-likeness (QED) is 0.635. The minimum atomic E-state index is -0.389. The summed E-state index contributed by atoms with van der Waals surface area (Å²) >= 11 is 12.0. The number of hydroxylamine groups is 2. The molecule has 1 amide bonds. The van der Waals surface area contributed by atoms with Crippen molar-refractivity contribution in [2.24, 2.45) is 5.92 Å². The van der Waals surface area contributed by atoms with Crippen LogP contribution in [0.4, 0.5) is 0 Å². The highest BCUT2D eigenvalue weighted by atomic mass is 35.5. The van der Waals surface area contributed by atoms with Gasteiger partial charge >= 0.3 is 0 Å². The highest BCUT2D eigenvalue weighted by Crippen LogP contribution is 2.45. The largest absolute Gasteiger partial charge is 0.285 e. The van der Waals surface area contributed by atoms with Gasteiger partial charge in [-0.2, -0.15) is 0 Å². The van der Waals surface area contributed by atoms with Crippen LogP contribution in [-0.2, 0) is 4.79 Å². The summed E-state index contributed by atoms with van der Waals surface area (Å²) in [6.07, 6.45) is 4.63. The predicted octanol–water partition coefficient (Wildman–Crippen LogP) is 3.25. The lowest BCUT2D eigenvalue weighted by atomic mass is 9.85. The second-order valence-electron chi connectivity index (χ2n) is 4.64. The van der Waals surface area contributed by atoms with E-state index in [1.807, 2.05) is 12.2 Å². The summed E-state index contributed by atoms with van der Waals surface area (Å²) in [6, 6.07) is 4.88. The van der Waals surface area contributed by atoms with Crippen molar-refractivity contribution in [1.82, 2.24) is 5.06 Å². The van der Waals surface area contributed by atoms with E-state index in [1.165, 1.54) is 0 Å². The molecule has 0 aromatic heterocycles. The molecule has 1 aromatic rings. The number of carbonyl (C=O) groups is 1. The maximum absolute atomic E-state index is 12.1. The molecule has 5 heteroatoms. The van der Waals surface area contributed by atoms with E-state index < -0.39 is 0 Å². The van der Waals surface area contributed by atoms with Gasteiger partial charge in [0.15, 0.2) is 0 Å². The number of halogens is 2. The van der Waals surface area contributed by atoms with E-state index in [-0.39, 0.29) is 23.8 Å². The number of nitrogens with zero attached hydrogens (tertiary/aromatic N) is 1. The number of hydrogen-bond acceptors (Lipinski definition) is 2. The molecular weight excluding hydrogens is 273 g/mol. The van der Waals surface area contributed by atoms with Crippen LogP contribution in [0.2, 0.25) is 10.0 Å². The van der Waals surface area contributed by atoms with Crippen molar-refractivity contribution in [2.45, 2.75) is 18.4 Å². The second-order valence-corrected chi connectivity index (χ2v) is 5.49. The monoisotopic (exact) mass is 283 g/mol. The zero-order chi connectivity index (χ0) is 12.9. The third-order valence-electron chi connectivity index (χ3n) is 3.68. The Kier molecular flexibility index (Phi) is 2.85. The third-order valence-corrected chi connectivity index (χ3v) is 4.24. The molecule has 3 atom stereocenters. The van der Waals surface area contributed by atoms with Crippen molar-refractivity contribution >= 4 is 29.1 Å². The molecule has 1 heterocycles. The minimum absolute atomic E-state index is 0.0566. The fourth-order valence-electron chi connectivity index (χ4n) is 2.84. The summed E-state index contributed by atoms with van der Waals surface area (Å²) < 4.78 is 0. The first-order chi connectivity index (χ1) is 8.59. The zero-order valence-electron chi connectivity index (χ0n) is 9.38. The van der Waals surface area contributed by atoms with Crippen LogP contribution in [0.3, 0.4) is 0 Å². The molecule has 1 saturated heterocycles. The number of amides is 1. The van der Waals surface area contributed by atoms with E-state index in [4.69, 9.17) is 23.2 Å². The van der Waals surface area contributed by atoms with Gasteiger partial charge in [-0.1, -0.05) is 41.4 Å². The van der Waals surface area contributed by atoms with Crippen molar-refractivity contribution in [2.75, 3.05) is 0 Å². The zero-order valence-corrected chi connectivity index (χ0v) is 10.9. The molecule has 0 bridgehead atoms. The Morgan fingerprint density at radius 2 is 2.11 bits per heavy atom. The average Bonchev–Trinajstić information content (AvgIpc) is 2.87. The SMILES string of the molecule is O=C1[C@@H](c2ccc(Cl)cc2Cl)[C@H]2CC=C[C@@H]2N1O. The van der Waals surface area contributed by atoms with Gasteiger partial charge in [0.25, 0.3) is 5.91 Å². The van der Waals surface area contributed by atoms with Crippen LogP contribution in [-0.4, -0.2) is 22.2 Å². The molecule has 0 spiro atoms. The van der Waals surface area contributed by atoms with E-state index in [1.54, 1.807) is 18.2 Å². The summed E-state index contributed by atoms with van der Waals surface area (Å²) in [7, 11) is 0. The van der Waals surface area contributed by atoms with Crippen molar-refractivity contribution in [3.63, 3.8) is 0 Å². The Labute approximate surface area is 115 Å². The number of fused-ring (bicyclic) bond motifs is 1. The summed E-state index contributed by atoms with van der Waals surface area (Å²) in [4.78, 5) is 12.1. The Hall–Kier alpha value is -1.03. The third kappa shape index (κ3) is 1.66. The highest BCUT2D eigenvalue weighted by molar-refractivity contribution is 6.35. The van der Waals surface area contributed by atoms with E-state index in [0.29, 0.717) is 10.0 Å². The van der Waals surface area contributed by atoms with Crippen LogP contribution in [0.5, 0.6) is 0 Å². The van der Waals surface area contributed by atoms with Crippen molar-refractivity contribution in [1.29, 1.82) is 0 Å². The van der Waals surface area contributed by atoms with E-state index in [2.05, 4.69) is 0 Å². The molecule has 1 aliphatic heterocycles. The number of rotatable bonds is 1. The molecule has 0 saturated carbocycles. The van der Waals surface area contributed by atoms with Gasteiger partial charge in [0.1, 0.15) is 0 Å². The smallest absolute Gasteiger partial charge is 0.254 e. The van der Waals surface area contributed by atoms with E-state index in [9.17, 15) is 10.0 Å². The topological polar surface area (TPSA) is 40.5 Å². The number of hydrogen-bond donors (Lipinski definition) is 1. The maximum atomic E-state index is 12.1. The van der Waals surface area contributed by atoms with Crippen LogP contribution in [0.25, 0.3) is 0 Å². The molecule has 1 aromatic carbocycles. The lowest BCUT2D eigenvalue weighted by Crippen LogP contribution is -2.29. The van der Waals surface area contributed by atoms with Gasteiger partial charge in [0.05, 0.1) is 12.0 Å². The first-order valence-electron chi connectivity index (χ1n) is 5.73. The first-order valence-corrected chi connectivity index (χ1v) is 6.49. The van der Waals surface area contributed by atoms with Crippen LogP contribution in [0, 0.1) is 5.92 Å². The average molecular weight is 284 g/mol. The standard InChI is InChI=1S/C13H11Cl2NO2/c14-7-4-5-8(10(15)6-7)12-9-2-1-3-11(9)16(18)13(12)17/h1,3-6,9,11-12,18H,2H2/t9-,11-,12-/m0/s1. The van der Waals surface area contributed by atoms with Crippen LogP contribution < -0.4 is 0 Å². The number of allylic oxidation sites excluding steroid dienone is 1. The fraction of sp³-hybridized carbons (Fsp3) is 0.308. The van der Waals surface area contributed by atoms with Gasteiger partial charge < -0.3 is 0 Å². The van der Waals surface area contributed by atoms with Gasteiger partial charge in [-0.15, -0.1) is 0 Å². The Balaban J connectivity index is 2.04. The summed E-state index contributed by atoms with van der Waals surface area (Å²) in [5, 5.41) is 11.6. The normalized spacial score (nSPS) is 30.1. The number of carbonyl (C=O) groups excluding carboxylic acids is 1. The molecule has 1 N–H and O–H groups in total. The Bertz CT molecular complexity index is 544. The molecule has 3 rings (SSSR count). The lowest BCUT2D eigenvalue weighted by Gasteiger charge is -2.16. The molecule has 1 aliphatic carbocycles. The molecule has 2 aliphatic rings. The Morgan fingerprint density at radius 1 is 1.33 bits per heavy atom. The summed E-state index contributed by atoms with van der Waals surface area (Å²) in [5.74, 6) is -0.625. The molecule has 3 nitrogen and oxygen atoms in total. The molecular formula is C13H11Cl2NO2. The molecule has 1 fully saturated rings. The van der Waals surface area contributed by atoms with Crippen molar-refractivity contribution < 1.29 is 10.0 Å². The Morgan fingerprint density at radius 3 is 2.83 bits per heavy atom. The van der Waals surface area contributed by atoms with Gasteiger partial charge in [-0.05, 0) is 24.1 Å². The molecule has 94 valence electrons. The second kappa shape index (κ2) is 4.26. The van der Waals surface area contributed by atoms with Crippen LogP contribution >= 0.6 is 23.2 Å². The summed E-state index contributed by atoms with van der Waals surface area (Å²) in [6.45, 7) is 0. The minimum Gasteiger partial charge on any atom is -0.285 e. The highest BCUT2D eigenvalue weighted by Gasteiger charge is 2.49. The summed E-state index contributed by atoms with van der Waals surface area (Å²) in [5.41, 5.74) is 0.737. The first kappa shape index (κ1) is 12.0. The molecule has 0 unspecified atom stereocenters. The van der Waals surface area contributed by atoms with Gasteiger partial charge in [0.2, 0.25) is 0 Å². The van der Waals surface area contributed by atoms with Crippen LogP contribution in [0.1, 0.15) is 17.9 Å². The van der Waals surface area contributed by atoms with Gasteiger partial charge in [0, 0.05) is 16.0 Å². The number of benzene rings is 1.